The maximum Gasteiger partial charge on any atom is 0.471 e. The van der Waals surface area contributed by atoms with E-state index in [1.807, 2.05) is 0 Å². The highest BCUT2D eigenvalue weighted by molar-refractivity contribution is 5.83. The van der Waals surface area contributed by atoms with Crippen LogP contribution < -0.4 is 5.32 Å². The lowest BCUT2D eigenvalue weighted by atomic mass is 9.95. The molecule has 0 bridgehead atoms. The van der Waals surface area contributed by atoms with Crippen molar-refractivity contribution in [2.24, 2.45) is 5.92 Å². The first-order valence-corrected chi connectivity index (χ1v) is 6.00. The molecule has 2 unspecified atom stereocenters. The first kappa shape index (κ1) is 15.7. The number of carboxylic acids is 1. The second kappa shape index (κ2) is 6.23. The predicted molar refractivity (Wildman–Crippen MR) is 58.2 cm³/mol. The summed E-state index contributed by atoms with van der Waals surface area (Å²) in [5.41, 5.74) is 0. The van der Waals surface area contributed by atoms with E-state index in [4.69, 9.17) is 5.11 Å². The molecule has 110 valence electrons. The zero-order valence-corrected chi connectivity index (χ0v) is 10.1. The van der Waals surface area contributed by atoms with Crippen LogP contribution in [0.2, 0.25) is 0 Å². The summed E-state index contributed by atoms with van der Waals surface area (Å²) >= 11 is 0. The molecule has 0 radical (unpaired) electrons. The summed E-state index contributed by atoms with van der Waals surface area (Å²) in [7, 11) is 0. The van der Waals surface area contributed by atoms with Crippen LogP contribution in [0.15, 0.2) is 0 Å². The summed E-state index contributed by atoms with van der Waals surface area (Å²) in [5.74, 6) is -3.84. The lowest BCUT2D eigenvalue weighted by molar-refractivity contribution is -0.176. The number of carboxylic acid groups (broad SMARTS) is 1. The molecule has 0 aliphatic heterocycles. The summed E-state index contributed by atoms with van der Waals surface area (Å²) in [6.45, 7) is 0. The zero-order valence-electron chi connectivity index (χ0n) is 10.1. The Labute approximate surface area is 107 Å². The molecule has 0 saturated heterocycles. The van der Waals surface area contributed by atoms with Crippen LogP contribution in [0.4, 0.5) is 13.2 Å². The topological polar surface area (TPSA) is 86.6 Å². The number of aliphatic hydroxyl groups is 1. The maximum atomic E-state index is 12.1. The number of carbonyl (C=O) groups is 2. The van der Waals surface area contributed by atoms with Gasteiger partial charge in [-0.3, -0.25) is 4.79 Å². The Morgan fingerprint density at radius 1 is 1.26 bits per heavy atom. The van der Waals surface area contributed by atoms with E-state index >= 15 is 0 Å². The number of alkyl halides is 3. The van der Waals surface area contributed by atoms with Crippen molar-refractivity contribution in [1.82, 2.24) is 5.32 Å². The summed E-state index contributed by atoms with van der Waals surface area (Å²) in [6.07, 6.45) is -3.70. The molecule has 0 aromatic rings. The van der Waals surface area contributed by atoms with Gasteiger partial charge in [-0.15, -0.1) is 0 Å². The molecule has 0 heterocycles. The first-order valence-electron chi connectivity index (χ1n) is 6.00. The van der Waals surface area contributed by atoms with Crippen LogP contribution in [0.5, 0.6) is 0 Å². The van der Waals surface area contributed by atoms with Crippen molar-refractivity contribution in [3.05, 3.63) is 0 Å². The molecule has 1 aliphatic carbocycles. The molecule has 2 atom stereocenters. The number of aliphatic hydroxyl groups excluding tert-OH is 1. The van der Waals surface area contributed by atoms with Crippen molar-refractivity contribution in [3.8, 4) is 0 Å². The lowest BCUT2D eigenvalue weighted by Gasteiger charge is -2.24. The number of carbonyl (C=O) groups excluding carboxylic acids is 1. The van der Waals surface area contributed by atoms with Crippen molar-refractivity contribution < 1.29 is 33.0 Å². The predicted octanol–water partition coefficient (Wildman–Crippen LogP) is 1.06. The van der Waals surface area contributed by atoms with E-state index in [2.05, 4.69) is 0 Å². The highest BCUT2D eigenvalue weighted by atomic mass is 19.4. The van der Waals surface area contributed by atoms with Gasteiger partial charge in [0.25, 0.3) is 0 Å². The molecular weight excluding hydrogens is 267 g/mol. The Balaban J connectivity index is 2.68. The fourth-order valence-corrected chi connectivity index (χ4v) is 2.29. The summed E-state index contributed by atoms with van der Waals surface area (Å²) in [5, 5.41) is 19.6. The Morgan fingerprint density at radius 3 is 2.21 bits per heavy atom. The summed E-state index contributed by atoms with van der Waals surface area (Å²) < 4.78 is 36.4. The van der Waals surface area contributed by atoms with Crippen LogP contribution in [0.3, 0.4) is 0 Å². The zero-order chi connectivity index (χ0) is 14.6. The number of halogens is 3. The van der Waals surface area contributed by atoms with Gasteiger partial charge >= 0.3 is 18.1 Å². The minimum absolute atomic E-state index is 0.0348. The van der Waals surface area contributed by atoms with E-state index in [0.717, 1.165) is 25.7 Å². The monoisotopic (exact) mass is 283 g/mol. The Bertz CT molecular complexity index is 339. The van der Waals surface area contributed by atoms with Gasteiger partial charge < -0.3 is 15.5 Å². The van der Waals surface area contributed by atoms with Gasteiger partial charge in [0.15, 0.2) is 6.10 Å². The van der Waals surface area contributed by atoms with Crippen molar-refractivity contribution in [2.75, 3.05) is 0 Å². The third-order valence-electron chi connectivity index (χ3n) is 3.27. The molecule has 5 nitrogen and oxygen atoms in total. The Kier molecular flexibility index (Phi) is 5.16. The summed E-state index contributed by atoms with van der Waals surface area (Å²) in [6, 6.07) is -1.42. The highest BCUT2D eigenvalue weighted by Crippen LogP contribution is 2.29. The number of hydrogen-bond donors (Lipinski definition) is 3. The average molecular weight is 283 g/mol. The van der Waals surface area contributed by atoms with Gasteiger partial charge in [0.05, 0.1) is 6.04 Å². The van der Waals surface area contributed by atoms with Crippen LogP contribution >= 0.6 is 0 Å². The van der Waals surface area contributed by atoms with Gasteiger partial charge in [-0.2, -0.15) is 13.2 Å². The molecule has 0 aromatic carbocycles. The maximum absolute atomic E-state index is 12.1. The second-order valence-electron chi connectivity index (χ2n) is 4.75. The molecule has 0 aromatic heterocycles. The molecule has 19 heavy (non-hydrogen) atoms. The smallest absolute Gasteiger partial charge is 0.471 e. The molecule has 1 rings (SSSR count). The molecule has 1 fully saturated rings. The van der Waals surface area contributed by atoms with Gasteiger partial charge in [-0.1, -0.05) is 25.7 Å². The van der Waals surface area contributed by atoms with Crippen molar-refractivity contribution in [2.45, 2.75) is 50.4 Å². The van der Waals surface area contributed by atoms with Crippen LogP contribution in [-0.2, 0) is 9.59 Å². The van der Waals surface area contributed by atoms with Crippen LogP contribution in [-0.4, -0.2) is 40.4 Å². The van der Waals surface area contributed by atoms with Crippen LogP contribution in [0.25, 0.3) is 0 Å². The molecule has 0 spiro atoms. The van der Waals surface area contributed by atoms with E-state index in [1.165, 1.54) is 0 Å². The van der Waals surface area contributed by atoms with E-state index in [0.29, 0.717) is 0 Å². The van der Waals surface area contributed by atoms with E-state index < -0.39 is 30.2 Å². The average Bonchev–Trinajstić information content (AvgIpc) is 2.78. The molecule has 1 saturated carbocycles. The SMILES string of the molecule is O=C(O)C(O)C(CC1CCCC1)NC(=O)C(F)(F)F. The fraction of sp³-hybridized carbons (Fsp3) is 0.818. The normalized spacial score (nSPS) is 20.0. The summed E-state index contributed by atoms with van der Waals surface area (Å²) in [4.78, 5) is 21.5. The third-order valence-corrected chi connectivity index (χ3v) is 3.27. The lowest BCUT2D eigenvalue weighted by Crippen LogP contribution is -2.51. The number of aliphatic carboxylic acids is 1. The minimum Gasteiger partial charge on any atom is -0.479 e. The van der Waals surface area contributed by atoms with Gasteiger partial charge in [-0.25, -0.2) is 4.79 Å². The molecular formula is C11H16F3NO4. The molecule has 1 aliphatic rings. The first-order chi connectivity index (χ1) is 8.71. The Hall–Kier alpha value is -1.31. The van der Waals surface area contributed by atoms with E-state index in [9.17, 15) is 27.9 Å². The number of rotatable bonds is 5. The number of amides is 1. The van der Waals surface area contributed by atoms with Crippen molar-refractivity contribution in [3.63, 3.8) is 0 Å². The van der Waals surface area contributed by atoms with Crippen molar-refractivity contribution >= 4 is 11.9 Å². The van der Waals surface area contributed by atoms with E-state index in [1.54, 1.807) is 5.32 Å². The van der Waals surface area contributed by atoms with Crippen LogP contribution in [0.1, 0.15) is 32.1 Å². The fourth-order valence-electron chi connectivity index (χ4n) is 2.29. The van der Waals surface area contributed by atoms with Gasteiger partial charge in [-0.05, 0) is 12.3 Å². The van der Waals surface area contributed by atoms with Gasteiger partial charge in [0, 0.05) is 0 Å². The highest BCUT2D eigenvalue weighted by Gasteiger charge is 2.42. The van der Waals surface area contributed by atoms with Crippen molar-refractivity contribution in [1.29, 1.82) is 0 Å². The minimum atomic E-state index is -5.09. The number of nitrogens with one attached hydrogen (secondary N) is 1. The second-order valence-corrected chi connectivity index (χ2v) is 4.75. The molecule has 3 N–H and O–H groups in total. The molecule has 1 amide bonds. The standard InChI is InChI=1S/C11H16F3NO4/c12-11(13,14)10(19)15-7(8(16)9(17)18)5-6-3-1-2-4-6/h6-8,16H,1-5H2,(H,15,19)(H,17,18). The van der Waals surface area contributed by atoms with E-state index in [-0.39, 0.29) is 12.3 Å². The van der Waals surface area contributed by atoms with Gasteiger partial charge in [0.2, 0.25) is 0 Å². The third kappa shape index (κ3) is 4.70. The Morgan fingerprint density at radius 2 is 1.79 bits per heavy atom. The largest absolute Gasteiger partial charge is 0.479 e. The quantitative estimate of drug-likeness (QED) is 0.704. The molecule has 8 heteroatoms. The van der Waals surface area contributed by atoms with Gasteiger partial charge in [0.1, 0.15) is 0 Å². The number of hydrogen-bond acceptors (Lipinski definition) is 3. The van der Waals surface area contributed by atoms with Crippen LogP contribution in [0, 0.1) is 5.92 Å².